The van der Waals surface area contributed by atoms with Gasteiger partial charge in [-0.15, -0.1) is 0 Å². The number of fused-ring (bicyclic) bond motifs is 1. The molecule has 0 atom stereocenters. The van der Waals surface area contributed by atoms with Crippen LogP contribution in [0.4, 0.5) is 0 Å². The van der Waals surface area contributed by atoms with E-state index in [2.05, 4.69) is 20.9 Å². The molecule has 1 aliphatic rings. The highest BCUT2D eigenvalue weighted by atomic mass is 16.7. The van der Waals surface area contributed by atoms with Crippen molar-refractivity contribution in [2.45, 2.75) is 34.1 Å². The van der Waals surface area contributed by atoms with Gasteiger partial charge in [0.1, 0.15) is 0 Å². The molecule has 1 heterocycles. The Hall–Kier alpha value is -2.44. The van der Waals surface area contributed by atoms with Gasteiger partial charge in [-0.05, 0) is 51.8 Å². The standard InChI is InChI=1S/C19H30N4O3/c1-5-20-17(24)19(3,4)12-23-18(21-6-2)22-10-9-14-7-8-15-16(11-14)26-13-25-15/h7-8,11H,5-6,9-10,12-13H2,1-4H3,(H,20,24)(H2,21,22,23). The van der Waals surface area contributed by atoms with Crippen molar-refractivity contribution < 1.29 is 14.3 Å². The Morgan fingerprint density at radius 1 is 1.12 bits per heavy atom. The molecule has 0 aliphatic carbocycles. The van der Waals surface area contributed by atoms with Gasteiger partial charge in [0.2, 0.25) is 12.7 Å². The Bertz CT molecular complexity index is 644. The van der Waals surface area contributed by atoms with Crippen molar-refractivity contribution in [1.82, 2.24) is 16.0 Å². The van der Waals surface area contributed by atoms with Crippen LogP contribution >= 0.6 is 0 Å². The first-order chi connectivity index (χ1) is 12.5. The monoisotopic (exact) mass is 362 g/mol. The maximum Gasteiger partial charge on any atom is 0.231 e. The Balaban J connectivity index is 1.88. The quantitative estimate of drug-likeness (QED) is 0.484. The van der Waals surface area contributed by atoms with E-state index in [9.17, 15) is 4.79 Å². The topological polar surface area (TPSA) is 84.0 Å². The maximum absolute atomic E-state index is 12.1. The van der Waals surface area contributed by atoms with Crippen LogP contribution < -0.4 is 25.4 Å². The Morgan fingerprint density at radius 3 is 2.58 bits per heavy atom. The maximum atomic E-state index is 12.1. The third-order valence-corrected chi connectivity index (χ3v) is 4.07. The van der Waals surface area contributed by atoms with Gasteiger partial charge in [-0.3, -0.25) is 9.79 Å². The second kappa shape index (κ2) is 9.31. The molecule has 26 heavy (non-hydrogen) atoms. The zero-order chi connectivity index (χ0) is 19.0. The molecular weight excluding hydrogens is 332 g/mol. The SMILES string of the molecule is CCNC(=O)C(C)(C)CN=C(NCC)NCCc1ccc2c(c1)OCO2. The van der Waals surface area contributed by atoms with Crippen LogP contribution in [0.1, 0.15) is 33.3 Å². The van der Waals surface area contributed by atoms with Gasteiger partial charge < -0.3 is 25.4 Å². The van der Waals surface area contributed by atoms with Crippen LogP contribution in [0.5, 0.6) is 11.5 Å². The lowest BCUT2D eigenvalue weighted by Gasteiger charge is -2.22. The molecule has 2 rings (SSSR count). The van der Waals surface area contributed by atoms with E-state index in [1.165, 1.54) is 5.56 Å². The fourth-order valence-corrected chi connectivity index (χ4v) is 2.51. The predicted molar refractivity (Wildman–Crippen MR) is 103 cm³/mol. The third-order valence-electron chi connectivity index (χ3n) is 4.07. The molecule has 1 aromatic carbocycles. The molecule has 0 spiro atoms. The summed E-state index contributed by atoms with van der Waals surface area (Å²) in [5.41, 5.74) is 0.621. The van der Waals surface area contributed by atoms with Crippen molar-refractivity contribution in [1.29, 1.82) is 0 Å². The van der Waals surface area contributed by atoms with Crippen molar-refractivity contribution in [3.8, 4) is 11.5 Å². The van der Waals surface area contributed by atoms with Gasteiger partial charge in [0.15, 0.2) is 17.5 Å². The fourth-order valence-electron chi connectivity index (χ4n) is 2.51. The van der Waals surface area contributed by atoms with E-state index in [1.807, 2.05) is 45.9 Å². The molecule has 0 radical (unpaired) electrons. The number of aliphatic imine (C=N–C) groups is 1. The summed E-state index contributed by atoms with van der Waals surface area (Å²) in [6, 6.07) is 5.98. The highest BCUT2D eigenvalue weighted by Crippen LogP contribution is 2.32. The van der Waals surface area contributed by atoms with Crippen LogP contribution in [-0.2, 0) is 11.2 Å². The van der Waals surface area contributed by atoms with Crippen molar-refractivity contribution in [3.05, 3.63) is 23.8 Å². The molecule has 0 fully saturated rings. The molecule has 144 valence electrons. The number of hydrogen-bond donors (Lipinski definition) is 3. The van der Waals surface area contributed by atoms with Crippen molar-refractivity contribution in [2.75, 3.05) is 33.0 Å². The lowest BCUT2D eigenvalue weighted by atomic mass is 9.92. The molecule has 7 heteroatoms. The largest absolute Gasteiger partial charge is 0.454 e. The number of amides is 1. The Morgan fingerprint density at radius 2 is 1.85 bits per heavy atom. The van der Waals surface area contributed by atoms with Gasteiger partial charge >= 0.3 is 0 Å². The molecule has 0 saturated carbocycles. The summed E-state index contributed by atoms with van der Waals surface area (Å²) in [5.74, 6) is 2.32. The van der Waals surface area contributed by atoms with Gasteiger partial charge in [-0.25, -0.2) is 0 Å². The number of ether oxygens (including phenoxy) is 2. The van der Waals surface area contributed by atoms with Crippen LogP contribution in [0.15, 0.2) is 23.2 Å². The number of benzene rings is 1. The average molecular weight is 362 g/mol. The van der Waals surface area contributed by atoms with Gasteiger partial charge in [-0.1, -0.05) is 6.07 Å². The van der Waals surface area contributed by atoms with Crippen LogP contribution in [0.2, 0.25) is 0 Å². The van der Waals surface area contributed by atoms with E-state index in [-0.39, 0.29) is 12.7 Å². The molecular formula is C19H30N4O3. The minimum absolute atomic E-state index is 0.0139. The minimum atomic E-state index is -0.546. The molecule has 0 unspecified atom stereocenters. The first-order valence-corrected chi connectivity index (χ1v) is 9.15. The number of guanidine groups is 1. The van der Waals surface area contributed by atoms with E-state index in [0.29, 0.717) is 19.0 Å². The van der Waals surface area contributed by atoms with E-state index in [0.717, 1.165) is 31.0 Å². The van der Waals surface area contributed by atoms with Gasteiger partial charge in [-0.2, -0.15) is 0 Å². The molecule has 7 nitrogen and oxygen atoms in total. The zero-order valence-electron chi connectivity index (χ0n) is 16.1. The normalized spacial score (nSPS) is 13.5. The van der Waals surface area contributed by atoms with Crippen molar-refractivity contribution >= 4 is 11.9 Å². The number of hydrogen-bond acceptors (Lipinski definition) is 4. The summed E-state index contributed by atoms with van der Waals surface area (Å²) in [6.45, 7) is 10.6. The number of rotatable bonds is 8. The minimum Gasteiger partial charge on any atom is -0.454 e. The molecule has 0 aromatic heterocycles. The molecule has 0 bridgehead atoms. The van der Waals surface area contributed by atoms with Gasteiger partial charge in [0.25, 0.3) is 0 Å². The fraction of sp³-hybridized carbons (Fsp3) is 0.579. The third kappa shape index (κ3) is 5.54. The lowest BCUT2D eigenvalue weighted by molar-refractivity contribution is -0.128. The predicted octanol–water partition coefficient (Wildman–Crippen LogP) is 1.68. The van der Waals surface area contributed by atoms with Crippen molar-refractivity contribution in [2.24, 2.45) is 10.4 Å². The smallest absolute Gasteiger partial charge is 0.231 e. The zero-order valence-corrected chi connectivity index (χ0v) is 16.1. The number of carbonyl (C=O) groups excluding carboxylic acids is 1. The van der Waals surface area contributed by atoms with E-state index in [1.54, 1.807) is 0 Å². The van der Waals surface area contributed by atoms with Gasteiger partial charge in [0.05, 0.1) is 12.0 Å². The highest BCUT2D eigenvalue weighted by molar-refractivity contribution is 5.83. The van der Waals surface area contributed by atoms with Gasteiger partial charge in [0, 0.05) is 19.6 Å². The summed E-state index contributed by atoms with van der Waals surface area (Å²) in [5, 5.41) is 9.39. The second-order valence-electron chi connectivity index (χ2n) is 6.80. The second-order valence-corrected chi connectivity index (χ2v) is 6.80. The summed E-state index contributed by atoms with van der Waals surface area (Å²) < 4.78 is 10.7. The molecule has 0 saturated heterocycles. The van der Waals surface area contributed by atoms with Crippen LogP contribution in [0.25, 0.3) is 0 Å². The summed E-state index contributed by atoms with van der Waals surface area (Å²) in [4.78, 5) is 16.7. The summed E-state index contributed by atoms with van der Waals surface area (Å²) >= 11 is 0. The van der Waals surface area contributed by atoms with Crippen molar-refractivity contribution in [3.63, 3.8) is 0 Å². The Labute approximate surface area is 155 Å². The number of nitrogens with zero attached hydrogens (tertiary/aromatic N) is 1. The first kappa shape index (κ1) is 19.9. The lowest BCUT2D eigenvalue weighted by Crippen LogP contribution is -2.42. The van der Waals surface area contributed by atoms with Crippen LogP contribution in [0, 0.1) is 5.41 Å². The number of nitrogens with one attached hydrogen (secondary N) is 3. The van der Waals surface area contributed by atoms with Crippen LogP contribution in [0.3, 0.4) is 0 Å². The molecule has 1 amide bonds. The molecule has 1 aromatic rings. The first-order valence-electron chi connectivity index (χ1n) is 9.15. The van der Waals surface area contributed by atoms with E-state index < -0.39 is 5.41 Å². The molecule has 1 aliphatic heterocycles. The summed E-state index contributed by atoms with van der Waals surface area (Å²) in [6.07, 6.45) is 0.834. The van der Waals surface area contributed by atoms with E-state index >= 15 is 0 Å². The summed E-state index contributed by atoms with van der Waals surface area (Å²) in [7, 11) is 0. The van der Waals surface area contributed by atoms with E-state index in [4.69, 9.17) is 9.47 Å². The number of carbonyl (C=O) groups is 1. The molecule has 3 N–H and O–H groups in total. The highest BCUT2D eigenvalue weighted by Gasteiger charge is 2.26. The Kier molecular flexibility index (Phi) is 7.12. The average Bonchev–Trinajstić information content (AvgIpc) is 3.07. The van der Waals surface area contributed by atoms with Crippen LogP contribution in [-0.4, -0.2) is 44.8 Å².